The van der Waals surface area contributed by atoms with Gasteiger partial charge in [0.2, 0.25) is 5.91 Å². The van der Waals surface area contributed by atoms with Crippen molar-refractivity contribution in [2.24, 2.45) is 5.92 Å². The molecule has 1 N–H and O–H groups in total. The predicted octanol–water partition coefficient (Wildman–Crippen LogP) is 3.62. The lowest BCUT2D eigenvalue weighted by molar-refractivity contribution is -0.127. The first-order valence-electron chi connectivity index (χ1n) is 11.8. The van der Waals surface area contributed by atoms with Gasteiger partial charge in [-0.3, -0.25) is 19.2 Å². The Balaban J connectivity index is 1.73. The summed E-state index contributed by atoms with van der Waals surface area (Å²) in [5.74, 6) is -1.36. The molecule has 9 heteroatoms. The molecule has 1 aliphatic carbocycles. The third-order valence-electron chi connectivity index (χ3n) is 6.89. The van der Waals surface area contributed by atoms with Gasteiger partial charge >= 0.3 is 5.97 Å². The molecule has 2 heterocycles. The molecule has 1 saturated carbocycles. The van der Waals surface area contributed by atoms with Gasteiger partial charge in [0.15, 0.2) is 5.69 Å². The summed E-state index contributed by atoms with van der Waals surface area (Å²) >= 11 is 0. The Kier molecular flexibility index (Phi) is 6.47. The molecular weight excluding hydrogens is 439 g/mol. The molecular formula is C25H31FN4O4. The molecule has 0 spiro atoms. The molecule has 0 radical (unpaired) electrons. The van der Waals surface area contributed by atoms with Crippen LogP contribution >= 0.6 is 0 Å². The van der Waals surface area contributed by atoms with Crippen molar-refractivity contribution in [3.8, 4) is 0 Å². The number of amides is 2. The Hall–Kier alpha value is -3.23. The van der Waals surface area contributed by atoms with Crippen LogP contribution in [0.3, 0.4) is 0 Å². The van der Waals surface area contributed by atoms with Crippen LogP contribution in [-0.2, 0) is 16.1 Å². The fourth-order valence-corrected chi connectivity index (χ4v) is 4.76. The number of fused-ring (bicyclic) bond motifs is 1. The molecule has 1 atom stereocenters. The topological polar surface area (TPSA) is 93.5 Å². The number of nitrogens with zero attached hydrogens (tertiary/aromatic N) is 3. The van der Waals surface area contributed by atoms with E-state index < -0.39 is 23.2 Å². The zero-order chi connectivity index (χ0) is 24.6. The van der Waals surface area contributed by atoms with Gasteiger partial charge in [-0.05, 0) is 70.1 Å². The highest BCUT2D eigenvalue weighted by Crippen LogP contribution is 2.34. The molecule has 2 aromatic rings. The summed E-state index contributed by atoms with van der Waals surface area (Å²) in [4.78, 5) is 40.9. The molecule has 1 aromatic heterocycles. The Bertz CT molecular complexity index is 1120. The monoisotopic (exact) mass is 470 g/mol. The number of halogens is 1. The van der Waals surface area contributed by atoms with E-state index in [0.717, 1.165) is 25.7 Å². The SMILES string of the molecule is CCOC(=O)c1cc2n(n1)C[C@@](C)(C(=O)NC1CCC(C)CC1)N(c1ccc(C)c(F)c1)C2=O. The smallest absolute Gasteiger partial charge is 0.358 e. The Morgan fingerprint density at radius 2 is 1.94 bits per heavy atom. The van der Waals surface area contributed by atoms with E-state index in [-0.39, 0.29) is 42.2 Å². The van der Waals surface area contributed by atoms with E-state index >= 15 is 0 Å². The maximum Gasteiger partial charge on any atom is 0.358 e. The minimum atomic E-state index is -1.38. The van der Waals surface area contributed by atoms with E-state index in [0.29, 0.717) is 11.5 Å². The fraction of sp³-hybridized carbons (Fsp3) is 0.520. The Morgan fingerprint density at radius 1 is 1.24 bits per heavy atom. The first-order chi connectivity index (χ1) is 16.1. The molecule has 182 valence electrons. The number of aryl methyl sites for hydroxylation is 1. The molecule has 4 rings (SSSR count). The largest absolute Gasteiger partial charge is 0.461 e. The summed E-state index contributed by atoms with van der Waals surface area (Å²) in [6.07, 6.45) is 3.80. The van der Waals surface area contributed by atoms with E-state index in [1.165, 1.54) is 21.7 Å². The van der Waals surface area contributed by atoms with Gasteiger partial charge in [-0.15, -0.1) is 0 Å². The van der Waals surface area contributed by atoms with Gasteiger partial charge in [-0.25, -0.2) is 9.18 Å². The van der Waals surface area contributed by atoms with Crippen LogP contribution in [0.1, 0.15) is 73.0 Å². The Morgan fingerprint density at radius 3 is 2.59 bits per heavy atom. The number of aromatic nitrogens is 2. The van der Waals surface area contributed by atoms with Crippen molar-refractivity contribution in [3.63, 3.8) is 0 Å². The lowest BCUT2D eigenvalue weighted by Crippen LogP contribution is -2.65. The second kappa shape index (κ2) is 9.19. The van der Waals surface area contributed by atoms with Gasteiger partial charge in [0.25, 0.3) is 5.91 Å². The average Bonchev–Trinajstić information content (AvgIpc) is 3.22. The minimum Gasteiger partial charge on any atom is -0.461 e. The van der Waals surface area contributed by atoms with E-state index in [9.17, 15) is 18.8 Å². The van der Waals surface area contributed by atoms with E-state index in [4.69, 9.17) is 4.74 Å². The third-order valence-corrected chi connectivity index (χ3v) is 6.89. The number of esters is 1. The number of anilines is 1. The average molecular weight is 471 g/mol. The lowest BCUT2D eigenvalue weighted by Gasteiger charge is -2.44. The second-order valence-corrected chi connectivity index (χ2v) is 9.57. The van der Waals surface area contributed by atoms with Gasteiger partial charge in [-0.1, -0.05) is 13.0 Å². The van der Waals surface area contributed by atoms with E-state index in [2.05, 4.69) is 17.3 Å². The van der Waals surface area contributed by atoms with Crippen molar-refractivity contribution in [2.75, 3.05) is 11.5 Å². The summed E-state index contributed by atoms with van der Waals surface area (Å²) in [7, 11) is 0. The number of hydrogen-bond acceptors (Lipinski definition) is 5. The molecule has 8 nitrogen and oxygen atoms in total. The minimum absolute atomic E-state index is 0.00818. The quantitative estimate of drug-likeness (QED) is 0.674. The number of benzene rings is 1. The molecule has 2 aliphatic rings. The molecule has 0 bridgehead atoms. The van der Waals surface area contributed by atoms with Gasteiger partial charge in [-0.2, -0.15) is 5.10 Å². The molecule has 0 saturated heterocycles. The zero-order valence-corrected chi connectivity index (χ0v) is 20.1. The predicted molar refractivity (Wildman–Crippen MR) is 124 cm³/mol. The number of nitrogens with one attached hydrogen (secondary N) is 1. The summed E-state index contributed by atoms with van der Waals surface area (Å²) in [5.41, 5.74) is -0.544. The van der Waals surface area contributed by atoms with Crippen LogP contribution in [0.15, 0.2) is 24.3 Å². The van der Waals surface area contributed by atoms with E-state index in [1.54, 1.807) is 32.9 Å². The number of ether oxygens (including phenoxy) is 1. The number of carbonyl (C=O) groups excluding carboxylic acids is 3. The van der Waals surface area contributed by atoms with Crippen molar-refractivity contribution in [1.29, 1.82) is 0 Å². The van der Waals surface area contributed by atoms with Crippen molar-refractivity contribution in [2.45, 2.75) is 71.5 Å². The maximum absolute atomic E-state index is 14.5. The summed E-state index contributed by atoms with van der Waals surface area (Å²) in [6, 6.07) is 5.84. The highest BCUT2D eigenvalue weighted by molar-refractivity contribution is 6.12. The second-order valence-electron chi connectivity index (χ2n) is 9.57. The Labute approximate surface area is 198 Å². The standard InChI is InChI=1S/C25H31FN4O4/c1-5-34-23(32)20-13-21-22(31)30(18-11-8-16(3)19(26)12-18)25(4,14-29(21)28-20)24(33)27-17-9-6-15(2)7-10-17/h8,11-13,15,17H,5-7,9-10,14H2,1-4H3,(H,27,33)/t15?,17?,25-/m0/s1. The first kappa shape index (κ1) is 23.9. The van der Waals surface area contributed by atoms with Gasteiger partial charge in [0, 0.05) is 17.8 Å². The van der Waals surface area contributed by atoms with Gasteiger partial charge in [0.1, 0.15) is 17.1 Å². The zero-order valence-electron chi connectivity index (χ0n) is 20.1. The van der Waals surface area contributed by atoms with Crippen LogP contribution in [0.4, 0.5) is 10.1 Å². The molecule has 0 unspecified atom stereocenters. The summed E-state index contributed by atoms with van der Waals surface area (Å²) in [5, 5.41) is 7.37. The highest BCUT2D eigenvalue weighted by atomic mass is 19.1. The van der Waals surface area contributed by atoms with Crippen LogP contribution < -0.4 is 10.2 Å². The van der Waals surface area contributed by atoms with Crippen molar-refractivity contribution >= 4 is 23.5 Å². The van der Waals surface area contributed by atoms with Crippen LogP contribution in [-0.4, -0.2) is 45.8 Å². The number of carbonyl (C=O) groups is 3. The summed E-state index contributed by atoms with van der Waals surface area (Å²) in [6.45, 7) is 7.35. The van der Waals surface area contributed by atoms with Gasteiger partial charge in [0.05, 0.1) is 13.2 Å². The molecule has 2 amide bonds. The van der Waals surface area contributed by atoms with Crippen LogP contribution in [0.5, 0.6) is 0 Å². The fourth-order valence-electron chi connectivity index (χ4n) is 4.76. The molecule has 1 aromatic carbocycles. The normalized spacial score (nSPS) is 24.5. The molecule has 34 heavy (non-hydrogen) atoms. The lowest BCUT2D eigenvalue weighted by atomic mass is 9.86. The number of hydrogen-bond donors (Lipinski definition) is 1. The van der Waals surface area contributed by atoms with Crippen molar-refractivity contribution in [3.05, 3.63) is 47.0 Å². The van der Waals surface area contributed by atoms with Crippen molar-refractivity contribution < 1.29 is 23.5 Å². The molecule has 1 aliphatic heterocycles. The highest BCUT2D eigenvalue weighted by Gasteiger charge is 2.49. The third kappa shape index (κ3) is 4.31. The molecule has 1 fully saturated rings. The van der Waals surface area contributed by atoms with Crippen LogP contribution in [0, 0.1) is 18.7 Å². The maximum atomic E-state index is 14.5. The van der Waals surface area contributed by atoms with Crippen molar-refractivity contribution in [1.82, 2.24) is 15.1 Å². The summed E-state index contributed by atoms with van der Waals surface area (Å²) < 4.78 is 20.9. The first-order valence-corrected chi connectivity index (χ1v) is 11.8. The number of rotatable bonds is 5. The van der Waals surface area contributed by atoms with E-state index in [1.807, 2.05) is 0 Å². The van der Waals surface area contributed by atoms with Crippen LogP contribution in [0.25, 0.3) is 0 Å². The van der Waals surface area contributed by atoms with Gasteiger partial charge < -0.3 is 10.1 Å². The van der Waals surface area contributed by atoms with Crippen LogP contribution in [0.2, 0.25) is 0 Å².